The van der Waals surface area contributed by atoms with Gasteiger partial charge in [-0.05, 0) is 6.92 Å². The second-order valence-electron chi connectivity index (χ2n) is 2.07. The SMILES string of the molecule is Cc1cnn2ccnc2n1. The van der Waals surface area contributed by atoms with Gasteiger partial charge in [0.05, 0.1) is 18.1 Å². The molecule has 0 saturated heterocycles. The molecule has 50 valence electrons. The van der Waals surface area contributed by atoms with Crippen LogP contribution in [0.1, 0.15) is 5.69 Å². The molecule has 0 N–H and O–H groups in total. The van der Waals surface area contributed by atoms with E-state index in [-0.39, 0.29) is 0 Å². The normalized spacial score (nSPS) is 10.5. The largest absolute Gasteiger partial charge is 0.250 e. The summed E-state index contributed by atoms with van der Waals surface area (Å²) in [5.41, 5.74) is 0.888. The first-order valence-electron chi connectivity index (χ1n) is 2.99. The van der Waals surface area contributed by atoms with Crippen molar-refractivity contribution in [1.82, 2.24) is 19.6 Å². The zero-order chi connectivity index (χ0) is 6.97. The van der Waals surface area contributed by atoms with Crippen LogP contribution in [0.5, 0.6) is 0 Å². The Morgan fingerprint density at radius 2 is 2.40 bits per heavy atom. The maximum absolute atomic E-state index is 4.12. The average Bonchev–Trinajstić information content (AvgIpc) is 2.33. The van der Waals surface area contributed by atoms with Crippen LogP contribution in [-0.4, -0.2) is 19.6 Å². The summed E-state index contributed by atoms with van der Waals surface area (Å²) in [6, 6.07) is 0. The summed E-state index contributed by atoms with van der Waals surface area (Å²) in [7, 11) is 0. The van der Waals surface area contributed by atoms with Crippen LogP contribution in [-0.2, 0) is 0 Å². The highest BCUT2D eigenvalue weighted by molar-refractivity contribution is 5.24. The molecule has 0 radical (unpaired) electrons. The minimum absolute atomic E-state index is 0.653. The summed E-state index contributed by atoms with van der Waals surface area (Å²) in [6.07, 6.45) is 5.14. The van der Waals surface area contributed by atoms with Crippen LogP contribution in [0.4, 0.5) is 0 Å². The summed E-state index contributed by atoms with van der Waals surface area (Å²) in [5, 5.41) is 4.03. The van der Waals surface area contributed by atoms with Crippen LogP contribution in [0.15, 0.2) is 18.6 Å². The lowest BCUT2D eigenvalue weighted by Crippen LogP contribution is -1.93. The van der Waals surface area contributed by atoms with Gasteiger partial charge < -0.3 is 0 Å². The van der Waals surface area contributed by atoms with Crippen LogP contribution in [0.2, 0.25) is 0 Å². The molecule has 0 bridgehead atoms. The Kier molecular flexibility index (Phi) is 0.943. The summed E-state index contributed by atoms with van der Waals surface area (Å²) in [4.78, 5) is 8.09. The second kappa shape index (κ2) is 1.76. The summed E-state index contributed by atoms with van der Waals surface area (Å²) in [6.45, 7) is 1.89. The van der Waals surface area contributed by atoms with E-state index < -0.39 is 0 Å². The molecule has 2 rings (SSSR count). The van der Waals surface area contributed by atoms with Crippen molar-refractivity contribution in [3.05, 3.63) is 24.3 Å². The average molecular weight is 134 g/mol. The van der Waals surface area contributed by atoms with Gasteiger partial charge in [-0.3, -0.25) is 0 Å². The molecular weight excluding hydrogens is 128 g/mol. The van der Waals surface area contributed by atoms with Crippen molar-refractivity contribution in [2.75, 3.05) is 0 Å². The molecular formula is C6H6N4. The highest BCUT2D eigenvalue weighted by Crippen LogP contribution is 1.93. The van der Waals surface area contributed by atoms with Crippen molar-refractivity contribution in [2.24, 2.45) is 0 Å². The molecule has 4 nitrogen and oxygen atoms in total. The molecule has 0 fully saturated rings. The third kappa shape index (κ3) is 0.655. The number of fused-ring (bicyclic) bond motifs is 1. The van der Waals surface area contributed by atoms with Gasteiger partial charge in [0, 0.05) is 6.20 Å². The zero-order valence-electron chi connectivity index (χ0n) is 5.52. The van der Waals surface area contributed by atoms with E-state index in [1.165, 1.54) is 0 Å². The van der Waals surface area contributed by atoms with E-state index in [0.29, 0.717) is 5.78 Å². The van der Waals surface area contributed by atoms with Crippen LogP contribution < -0.4 is 0 Å². The van der Waals surface area contributed by atoms with E-state index in [9.17, 15) is 0 Å². The highest BCUT2D eigenvalue weighted by atomic mass is 15.3. The number of rotatable bonds is 0. The number of hydrogen-bond acceptors (Lipinski definition) is 3. The van der Waals surface area contributed by atoms with Crippen molar-refractivity contribution in [3.63, 3.8) is 0 Å². The molecule has 0 aliphatic carbocycles. The number of nitrogens with zero attached hydrogens (tertiary/aromatic N) is 4. The van der Waals surface area contributed by atoms with E-state index in [4.69, 9.17) is 0 Å². The third-order valence-electron chi connectivity index (χ3n) is 1.25. The van der Waals surface area contributed by atoms with Crippen molar-refractivity contribution in [1.29, 1.82) is 0 Å². The van der Waals surface area contributed by atoms with Crippen LogP contribution in [0.3, 0.4) is 0 Å². The van der Waals surface area contributed by atoms with Gasteiger partial charge in [0.2, 0.25) is 0 Å². The lowest BCUT2D eigenvalue weighted by atomic mass is 10.5. The first-order valence-corrected chi connectivity index (χ1v) is 2.99. The minimum Gasteiger partial charge on any atom is -0.218 e. The molecule has 0 aliphatic heterocycles. The Morgan fingerprint density at radius 3 is 3.30 bits per heavy atom. The maximum Gasteiger partial charge on any atom is 0.250 e. The fourth-order valence-corrected chi connectivity index (χ4v) is 0.792. The van der Waals surface area contributed by atoms with E-state index >= 15 is 0 Å². The van der Waals surface area contributed by atoms with Crippen molar-refractivity contribution >= 4 is 5.78 Å². The van der Waals surface area contributed by atoms with Gasteiger partial charge in [0.25, 0.3) is 5.78 Å². The van der Waals surface area contributed by atoms with Crippen molar-refractivity contribution in [2.45, 2.75) is 6.92 Å². The lowest BCUT2D eigenvalue weighted by Gasteiger charge is -1.90. The molecule has 2 heterocycles. The van der Waals surface area contributed by atoms with Crippen molar-refractivity contribution in [3.8, 4) is 0 Å². The van der Waals surface area contributed by atoms with Gasteiger partial charge >= 0.3 is 0 Å². The quantitative estimate of drug-likeness (QED) is 0.524. The highest BCUT2D eigenvalue weighted by Gasteiger charge is 1.93. The molecule has 10 heavy (non-hydrogen) atoms. The van der Waals surface area contributed by atoms with E-state index in [1.54, 1.807) is 23.1 Å². The molecule has 0 atom stereocenters. The predicted molar refractivity (Wildman–Crippen MR) is 35.5 cm³/mol. The lowest BCUT2D eigenvalue weighted by molar-refractivity contribution is 0.885. The Hall–Kier alpha value is -1.45. The van der Waals surface area contributed by atoms with E-state index in [1.807, 2.05) is 6.92 Å². The van der Waals surface area contributed by atoms with Crippen LogP contribution in [0, 0.1) is 6.92 Å². The fraction of sp³-hybridized carbons (Fsp3) is 0.167. The van der Waals surface area contributed by atoms with Gasteiger partial charge in [-0.25, -0.2) is 14.5 Å². The summed E-state index contributed by atoms with van der Waals surface area (Å²) in [5.74, 6) is 0.653. The molecule has 0 aliphatic rings. The predicted octanol–water partition coefficient (Wildman–Crippen LogP) is 0.433. The van der Waals surface area contributed by atoms with Gasteiger partial charge in [-0.2, -0.15) is 5.10 Å². The summed E-state index contributed by atoms with van der Waals surface area (Å²) >= 11 is 0. The van der Waals surface area contributed by atoms with Gasteiger partial charge in [-0.1, -0.05) is 0 Å². The first-order chi connectivity index (χ1) is 4.86. The molecule has 2 aromatic heterocycles. The standard InChI is InChI=1S/C6H6N4/c1-5-4-8-10-3-2-7-6(10)9-5/h2-4H,1H3. The maximum atomic E-state index is 4.12. The molecule has 2 aromatic rings. The fourth-order valence-electron chi connectivity index (χ4n) is 0.792. The molecule has 0 aromatic carbocycles. The number of hydrogen-bond donors (Lipinski definition) is 0. The topological polar surface area (TPSA) is 43.1 Å². The molecule has 0 amide bonds. The zero-order valence-corrected chi connectivity index (χ0v) is 5.52. The Labute approximate surface area is 57.5 Å². The minimum atomic E-state index is 0.653. The molecule has 0 spiro atoms. The number of aryl methyl sites for hydroxylation is 1. The van der Waals surface area contributed by atoms with Crippen LogP contribution >= 0.6 is 0 Å². The molecule has 0 saturated carbocycles. The smallest absolute Gasteiger partial charge is 0.218 e. The second-order valence-corrected chi connectivity index (χ2v) is 2.07. The van der Waals surface area contributed by atoms with Crippen LogP contribution in [0.25, 0.3) is 5.78 Å². The Balaban J connectivity index is 2.86. The van der Waals surface area contributed by atoms with E-state index in [0.717, 1.165) is 5.69 Å². The van der Waals surface area contributed by atoms with Crippen molar-refractivity contribution < 1.29 is 0 Å². The Bertz CT molecular complexity index is 351. The monoisotopic (exact) mass is 134 g/mol. The summed E-state index contributed by atoms with van der Waals surface area (Å²) < 4.78 is 1.63. The van der Waals surface area contributed by atoms with E-state index in [2.05, 4.69) is 15.1 Å². The van der Waals surface area contributed by atoms with Gasteiger partial charge in [0.15, 0.2) is 0 Å². The van der Waals surface area contributed by atoms with Gasteiger partial charge in [-0.15, -0.1) is 0 Å². The number of aromatic nitrogens is 4. The number of imidazole rings is 1. The molecule has 4 heteroatoms. The Morgan fingerprint density at radius 1 is 1.50 bits per heavy atom. The first kappa shape index (κ1) is 5.34. The molecule has 0 unspecified atom stereocenters. The third-order valence-corrected chi connectivity index (χ3v) is 1.25. The van der Waals surface area contributed by atoms with Gasteiger partial charge in [0.1, 0.15) is 0 Å².